The number of methoxy groups -OCH3 is 1. The van der Waals surface area contributed by atoms with Crippen LogP contribution in [0.1, 0.15) is 20.3 Å². The summed E-state index contributed by atoms with van der Waals surface area (Å²) in [5.41, 5.74) is 0. The first-order chi connectivity index (χ1) is 7.65. The van der Waals surface area contributed by atoms with Crippen molar-refractivity contribution in [1.82, 2.24) is 0 Å². The van der Waals surface area contributed by atoms with Gasteiger partial charge < -0.3 is 9.47 Å². The summed E-state index contributed by atoms with van der Waals surface area (Å²) in [5, 5.41) is 0.182. The van der Waals surface area contributed by atoms with Gasteiger partial charge in [0, 0.05) is 5.38 Å². The fourth-order valence-corrected chi connectivity index (χ4v) is 1.45. The van der Waals surface area contributed by atoms with E-state index in [0.29, 0.717) is 12.5 Å². The normalized spacial score (nSPS) is 14.2. The third kappa shape index (κ3) is 3.93. The molecule has 0 aliphatic rings. The molecular formula is C13H19ClO2. The minimum Gasteiger partial charge on any atom is -0.493 e. The molecule has 0 spiro atoms. The summed E-state index contributed by atoms with van der Waals surface area (Å²) >= 11 is 5.99. The number of halogens is 1. The molecule has 1 aromatic carbocycles. The second-order valence-corrected chi connectivity index (χ2v) is 4.63. The molecule has 3 heteroatoms. The van der Waals surface area contributed by atoms with Crippen molar-refractivity contribution in [2.45, 2.75) is 25.6 Å². The lowest BCUT2D eigenvalue weighted by Crippen LogP contribution is -2.11. The van der Waals surface area contributed by atoms with Crippen molar-refractivity contribution in [2.24, 2.45) is 5.92 Å². The standard InChI is InChI=1S/C13H19ClO2/c1-10(11(2)14)8-9-16-13-7-5-4-6-12(13)15-3/h4-7,10-11H,8-9H2,1-3H3. The molecule has 1 rings (SSSR count). The van der Waals surface area contributed by atoms with Gasteiger partial charge in [0.15, 0.2) is 11.5 Å². The quantitative estimate of drug-likeness (QED) is 0.708. The molecule has 0 radical (unpaired) electrons. The van der Waals surface area contributed by atoms with Gasteiger partial charge in [0.1, 0.15) is 0 Å². The maximum Gasteiger partial charge on any atom is 0.161 e. The minimum absolute atomic E-state index is 0.182. The van der Waals surface area contributed by atoms with Crippen molar-refractivity contribution in [3.8, 4) is 11.5 Å². The maximum atomic E-state index is 5.99. The van der Waals surface area contributed by atoms with E-state index in [2.05, 4.69) is 6.92 Å². The Labute approximate surface area is 103 Å². The number of hydrogen-bond acceptors (Lipinski definition) is 2. The molecule has 0 N–H and O–H groups in total. The van der Waals surface area contributed by atoms with Crippen molar-refractivity contribution < 1.29 is 9.47 Å². The smallest absolute Gasteiger partial charge is 0.161 e. The summed E-state index contributed by atoms with van der Waals surface area (Å²) < 4.78 is 10.9. The predicted octanol–water partition coefficient (Wildman–Crippen LogP) is 3.73. The lowest BCUT2D eigenvalue weighted by Gasteiger charge is -2.15. The molecule has 0 fully saturated rings. The molecule has 2 nitrogen and oxygen atoms in total. The van der Waals surface area contributed by atoms with E-state index < -0.39 is 0 Å². The second-order valence-electron chi connectivity index (χ2n) is 3.94. The minimum atomic E-state index is 0.182. The zero-order valence-corrected chi connectivity index (χ0v) is 10.8. The van der Waals surface area contributed by atoms with Crippen molar-refractivity contribution >= 4 is 11.6 Å². The number of alkyl halides is 1. The zero-order valence-electron chi connectivity index (χ0n) is 10.1. The number of para-hydroxylation sites is 2. The number of rotatable bonds is 6. The van der Waals surface area contributed by atoms with Crippen LogP contribution in [0.5, 0.6) is 11.5 Å². The summed E-state index contributed by atoms with van der Waals surface area (Å²) in [6.45, 7) is 4.80. The second kappa shape index (κ2) is 6.64. The Morgan fingerprint density at radius 2 is 1.81 bits per heavy atom. The summed E-state index contributed by atoms with van der Waals surface area (Å²) in [6, 6.07) is 7.66. The van der Waals surface area contributed by atoms with Gasteiger partial charge >= 0.3 is 0 Å². The van der Waals surface area contributed by atoms with Crippen LogP contribution < -0.4 is 9.47 Å². The Hall–Kier alpha value is -0.890. The average Bonchev–Trinajstić information content (AvgIpc) is 2.29. The highest BCUT2D eigenvalue weighted by atomic mass is 35.5. The summed E-state index contributed by atoms with van der Waals surface area (Å²) in [6.07, 6.45) is 0.947. The molecule has 0 amide bonds. The maximum absolute atomic E-state index is 5.99. The summed E-state index contributed by atoms with van der Waals surface area (Å²) in [4.78, 5) is 0. The fraction of sp³-hybridized carbons (Fsp3) is 0.538. The van der Waals surface area contributed by atoms with Gasteiger partial charge in [-0.3, -0.25) is 0 Å². The number of ether oxygens (including phenoxy) is 2. The van der Waals surface area contributed by atoms with E-state index in [4.69, 9.17) is 21.1 Å². The first-order valence-electron chi connectivity index (χ1n) is 5.55. The summed E-state index contributed by atoms with van der Waals surface area (Å²) in [5.74, 6) is 2.02. The van der Waals surface area contributed by atoms with Gasteiger partial charge in [-0.1, -0.05) is 19.1 Å². The Balaban J connectivity index is 2.42. The highest BCUT2D eigenvalue weighted by Gasteiger charge is 2.09. The van der Waals surface area contributed by atoms with Crippen LogP contribution >= 0.6 is 11.6 Å². The van der Waals surface area contributed by atoms with E-state index in [-0.39, 0.29) is 5.38 Å². The lowest BCUT2D eigenvalue weighted by atomic mass is 10.1. The van der Waals surface area contributed by atoms with Gasteiger partial charge in [0.05, 0.1) is 13.7 Å². The van der Waals surface area contributed by atoms with E-state index >= 15 is 0 Å². The van der Waals surface area contributed by atoms with Crippen molar-refractivity contribution in [3.63, 3.8) is 0 Å². The first kappa shape index (κ1) is 13.2. The third-order valence-electron chi connectivity index (χ3n) is 2.68. The molecule has 0 saturated heterocycles. The van der Waals surface area contributed by atoms with E-state index in [1.807, 2.05) is 31.2 Å². The van der Waals surface area contributed by atoms with E-state index in [1.165, 1.54) is 0 Å². The molecule has 2 atom stereocenters. The van der Waals surface area contributed by atoms with Crippen LogP contribution in [0.4, 0.5) is 0 Å². The molecule has 90 valence electrons. The summed E-state index contributed by atoms with van der Waals surface area (Å²) in [7, 11) is 1.64. The fourth-order valence-electron chi connectivity index (χ4n) is 1.32. The molecule has 16 heavy (non-hydrogen) atoms. The van der Waals surface area contributed by atoms with Gasteiger partial charge in [-0.2, -0.15) is 0 Å². The van der Waals surface area contributed by atoms with Gasteiger partial charge in [-0.25, -0.2) is 0 Å². The van der Waals surface area contributed by atoms with Crippen LogP contribution in [0.15, 0.2) is 24.3 Å². The topological polar surface area (TPSA) is 18.5 Å². The molecule has 0 aliphatic carbocycles. The Bertz CT molecular complexity index is 313. The van der Waals surface area contributed by atoms with Crippen LogP contribution in [-0.2, 0) is 0 Å². The van der Waals surface area contributed by atoms with Crippen molar-refractivity contribution in [3.05, 3.63) is 24.3 Å². The monoisotopic (exact) mass is 242 g/mol. The van der Waals surface area contributed by atoms with Crippen LogP contribution in [0.2, 0.25) is 0 Å². The lowest BCUT2D eigenvalue weighted by molar-refractivity contribution is 0.268. The zero-order chi connectivity index (χ0) is 12.0. The highest BCUT2D eigenvalue weighted by molar-refractivity contribution is 6.20. The van der Waals surface area contributed by atoms with Gasteiger partial charge in [-0.05, 0) is 31.4 Å². The highest BCUT2D eigenvalue weighted by Crippen LogP contribution is 2.26. The Kier molecular flexibility index (Phi) is 5.47. The number of hydrogen-bond donors (Lipinski definition) is 0. The SMILES string of the molecule is COc1ccccc1OCCC(C)C(C)Cl. The van der Waals surface area contributed by atoms with Gasteiger partial charge in [0.25, 0.3) is 0 Å². The van der Waals surface area contributed by atoms with Crippen LogP contribution in [0.25, 0.3) is 0 Å². The van der Waals surface area contributed by atoms with E-state index in [9.17, 15) is 0 Å². The van der Waals surface area contributed by atoms with Crippen LogP contribution in [-0.4, -0.2) is 19.1 Å². The largest absolute Gasteiger partial charge is 0.493 e. The number of benzene rings is 1. The Morgan fingerprint density at radius 1 is 1.19 bits per heavy atom. The van der Waals surface area contributed by atoms with Crippen molar-refractivity contribution in [1.29, 1.82) is 0 Å². The molecule has 2 unspecified atom stereocenters. The molecule has 1 aromatic rings. The molecule has 0 bridgehead atoms. The average molecular weight is 243 g/mol. The molecule has 0 aliphatic heterocycles. The first-order valence-corrected chi connectivity index (χ1v) is 5.98. The van der Waals surface area contributed by atoms with Gasteiger partial charge in [-0.15, -0.1) is 11.6 Å². The van der Waals surface area contributed by atoms with Crippen LogP contribution in [0.3, 0.4) is 0 Å². The predicted molar refractivity (Wildman–Crippen MR) is 67.6 cm³/mol. The van der Waals surface area contributed by atoms with Crippen molar-refractivity contribution in [2.75, 3.05) is 13.7 Å². The van der Waals surface area contributed by atoms with Gasteiger partial charge in [0.2, 0.25) is 0 Å². The van der Waals surface area contributed by atoms with Crippen LogP contribution in [0, 0.1) is 5.92 Å². The van der Waals surface area contributed by atoms with E-state index in [0.717, 1.165) is 17.9 Å². The molecule has 0 heterocycles. The third-order valence-corrected chi connectivity index (χ3v) is 3.11. The Morgan fingerprint density at radius 3 is 2.38 bits per heavy atom. The molecule has 0 saturated carbocycles. The molecule has 0 aromatic heterocycles. The van der Waals surface area contributed by atoms with E-state index in [1.54, 1.807) is 7.11 Å². The molecular weight excluding hydrogens is 224 g/mol.